The van der Waals surface area contributed by atoms with E-state index in [-0.39, 0.29) is 39.3 Å². The number of nitrogens with one attached hydrogen (secondary N) is 3. The summed E-state index contributed by atoms with van der Waals surface area (Å²) in [7, 11) is 1.91. The van der Waals surface area contributed by atoms with Crippen LogP contribution in [0.25, 0.3) is 17.0 Å². The van der Waals surface area contributed by atoms with Crippen molar-refractivity contribution in [3.05, 3.63) is 82.9 Å². The Balaban J connectivity index is 0.00000324. The number of anilines is 4. The van der Waals surface area contributed by atoms with Crippen molar-refractivity contribution in [1.29, 1.82) is 0 Å². The predicted octanol–water partition coefficient (Wildman–Crippen LogP) is 7.35. The van der Waals surface area contributed by atoms with Gasteiger partial charge in [-0.05, 0) is 30.6 Å². The molecule has 2 aromatic carbocycles. The van der Waals surface area contributed by atoms with Crippen LogP contribution in [0.1, 0.15) is 0 Å². The van der Waals surface area contributed by atoms with Crippen LogP contribution in [-0.2, 0) is 32.7 Å². The summed E-state index contributed by atoms with van der Waals surface area (Å²) in [5.74, 6) is -0.411. The summed E-state index contributed by atoms with van der Waals surface area (Å²) in [6, 6.07) is 14.8. The first-order valence-corrected chi connectivity index (χ1v) is 12.1. The molecule has 6 nitrogen and oxygen atoms in total. The molecule has 0 atom stereocenters. The van der Waals surface area contributed by atoms with Crippen molar-refractivity contribution in [1.82, 2.24) is 9.97 Å². The van der Waals surface area contributed by atoms with E-state index in [1.807, 2.05) is 53.7 Å². The SMILES string of the molecule is CN(CC[NH-])c1cc(-c2ccccc2)ncc1Nc1cc(F)c(SNc2nccs2)cc1Cl.[Y]. The molecular weight excluding hydrogens is 568 g/mol. The van der Waals surface area contributed by atoms with Crippen molar-refractivity contribution in [2.75, 3.05) is 35.1 Å². The number of likely N-dealkylation sites (N-methyl/N-ethyl adjacent to an activating group) is 1. The summed E-state index contributed by atoms with van der Waals surface area (Å²) in [5, 5.41) is 6.12. The summed E-state index contributed by atoms with van der Waals surface area (Å²) >= 11 is 9.03. The molecule has 0 aliphatic rings. The third-order valence-corrected chi connectivity index (χ3v) is 6.74. The molecule has 2 heterocycles. The van der Waals surface area contributed by atoms with Crippen molar-refractivity contribution >= 4 is 57.1 Å². The minimum atomic E-state index is -0.411. The van der Waals surface area contributed by atoms with Crippen LogP contribution in [0.4, 0.5) is 26.6 Å². The van der Waals surface area contributed by atoms with Gasteiger partial charge in [-0.3, -0.25) is 4.98 Å². The second-order valence-corrected chi connectivity index (χ2v) is 9.20. The van der Waals surface area contributed by atoms with Crippen LogP contribution in [-0.4, -0.2) is 30.1 Å². The molecular formula is C23H21ClFN6S2Y-. The number of thiazole rings is 1. The van der Waals surface area contributed by atoms with Gasteiger partial charge in [0.05, 0.1) is 38.9 Å². The third kappa shape index (κ3) is 6.68. The zero-order chi connectivity index (χ0) is 23.2. The standard InChI is InChI=1S/C23H21ClFN6S2.Y/c1-31(9-7-26)21-13-18(15-5-3-2-4-6-15)28-14-20(21)29-19-12-17(25)22(11-16(19)24)33-30-23-27-8-10-32-23;/h2-6,8,10-14,26,29H,7,9H2,1H3,(H,27,30);/q-1;. The van der Waals surface area contributed by atoms with E-state index < -0.39 is 5.82 Å². The van der Waals surface area contributed by atoms with Gasteiger partial charge in [-0.25, -0.2) is 9.37 Å². The largest absolute Gasteiger partial charge is 0.676 e. The van der Waals surface area contributed by atoms with Crippen molar-refractivity contribution in [3.8, 4) is 11.3 Å². The van der Waals surface area contributed by atoms with Gasteiger partial charge in [-0.1, -0.05) is 41.9 Å². The van der Waals surface area contributed by atoms with E-state index in [1.165, 1.54) is 17.4 Å². The Labute approximate surface area is 236 Å². The number of aromatic nitrogens is 2. The first-order valence-electron chi connectivity index (χ1n) is 10.0. The minimum Gasteiger partial charge on any atom is -0.676 e. The predicted molar refractivity (Wildman–Crippen MR) is 138 cm³/mol. The Morgan fingerprint density at radius 2 is 1.94 bits per heavy atom. The molecule has 0 fully saturated rings. The van der Waals surface area contributed by atoms with Gasteiger partial charge in [0, 0.05) is 63.0 Å². The van der Waals surface area contributed by atoms with E-state index in [0.29, 0.717) is 33.0 Å². The summed E-state index contributed by atoms with van der Waals surface area (Å²) < 4.78 is 17.8. The van der Waals surface area contributed by atoms with Crippen molar-refractivity contribution in [2.24, 2.45) is 0 Å². The molecule has 11 heteroatoms. The second kappa shape index (κ2) is 12.8. The molecule has 3 N–H and O–H groups in total. The van der Waals surface area contributed by atoms with E-state index in [0.717, 1.165) is 28.9 Å². The third-order valence-electron chi connectivity index (χ3n) is 4.78. The summed E-state index contributed by atoms with van der Waals surface area (Å²) in [4.78, 5) is 11.0. The quantitative estimate of drug-likeness (QED) is 0.199. The second-order valence-electron chi connectivity index (χ2n) is 7.05. The van der Waals surface area contributed by atoms with E-state index in [1.54, 1.807) is 18.5 Å². The molecule has 4 rings (SSSR count). The molecule has 0 saturated heterocycles. The van der Waals surface area contributed by atoms with Gasteiger partial charge in [-0.2, -0.15) is 0 Å². The van der Waals surface area contributed by atoms with E-state index in [2.05, 4.69) is 20.0 Å². The number of pyridine rings is 1. The molecule has 2 aromatic heterocycles. The maximum atomic E-state index is 14.8. The molecule has 0 bridgehead atoms. The number of hydrogen-bond acceptors (Lipinski definition) is 7. The molecule has 0 unspecified atom stereocenters. The number of rotatable bonds is 9. The molecule has 173 valence electrons. The van der Waals surface area contributed by atoms with E-state index in [4.69, 9.17) is 17.3 Å². The van der Waals surface area contributed by atoms with Crippen molar-refractivity contribution < 1.29 is 37.1 Å². The zero-order valence-corrected chi connectivity index (χ0v) is 23.5. The van der Waals surface area contributed by atoms with Crippen LogP contribution in [0.3, 0.4) is 0 Å². The molecule has 0 saturated carbocycles. The number of hydrogen-bond donors (Lipinski definition) is 2. The van der Waals surface area contributed by atoms with Crippen LogP contribution in [0.2, 0.25) is 5.02 Å². The Morgan fingerprint density at radius 3 is 2.65 bits per heavy atom. The molecule has 0 spiro atoms. The van der Waals surface area contributed by atoms with E-state index >= 15 is 0 Å². The average Bonchev–Trinajstić information content (AvgIpc) is 3.35. The van der Waals surface area contributed by atoms with Gasteiger partial charge in [0.1, 0.15) is 5.82 Å². The van der Waals surface area contributed by atoms with Crippen LogP contribution in [0, 0.1) is 5.82 Å². The topological polar surface area (TPSA) is 76.9 Å². The van der Waals surface area contributed by atoms with Crippen LogP contribution in [0.15, 0.2) is 71.2 Å². The Hall–Kier alpha value is -1.75. The molecule has 0 amide bonds. The maximum Gasteiger partial charge on any atom is 0.192 e. The van der Waals surface area contributed by atoms with E-state index in [9.17, 15) is 4.39 Å². The number of halogens is 2. The first kappa shape index (κ1) is 26.9. The van der Waals surface area contributed by atoms with Gasteiger partial charge in [-0.15, -0.1) is 17.9 Å². The van der Waals surface area contributed by atoms with Gasteiger partial charge < -0.3 is 20.7 Å². The Kier molecular flexibility index (Phi) is 10.1. The molecule has 1 radical (unpaired) electrons. The fourth-order valence-corrected chi connectivity index (χ4v) is 4.68. The van der Waals surface area contributed by atoms with Gasteiger partial charge in [0.2, 0.25) is 0 Å². The van der Waals surface area contributed by atoms with Crippen molar-refractivity contribution in [3.63, 3.8) is 0 Å². The van der Waals surface area contributed by atoms with Gasteiger partial charge in [0.15, 0.2) is 5.13 Å². The molecule has 0 aliphatic heterocycles. The van der Waals surface area contributed by atoms with Gasteiger partial charge >= 0.3 is 0 Å². The number of nitrogens with zero attached hydrogens (tertiary/aromatic N) is 3. The van der Waals surface area contributed by atoms with Crippen LogP contribution >= 0.6 is 34.9 Å². The molecule has 34 heavy (non-hydrogen) atoms. The minimum absolute atomic E-state index is 0. The first-order chi connectivity index (χ1) is 16.0. The molecule has 0 aliphatic carbocycles. The zero-order valence-electron chi connectivity index (χ0n) is 18.3. The number of benzene rings is 2. The average molecular weight is 589 g/mol. The smallest absolute Gasteiger partial charge is 0.192 e. The maximum absolute atomic E-state index is 14.8. The van der Waals surface area contributed by atoms with Crippen molar-refractivity contribution in [2.45, 2.75) is 4.90 Å². The van der Waals surface area contributed by atoms with Crippen LogP contribution in [0.5, 0.6) is 0 Å². The Bertz CT molecular complexity index is 1210. The molecule has 4 aromatic rings. The fourth-order valence-electron chi connectivity index (χ4n) is 3.13. The van der Waals surface area contributed by atoms with Gasteiger partial charge in [0.25, 0.3) is 0 Å². The summed E-state index contributed by atoms with van der Waals surface area (Å²) in [6.45, 7) is 0.777. The Morgan fingerprint density at radius 1 is 1.15 bits per heavy atom. The normalized spacial score (nSPS) is 10.5. The summed E-state index contributed by atoms with van der Waals surface area (Å²) in [6.07, 6.45) is 3.38. The monoisotopic (exact) mass is 588 g/mol. The van der Waals surface area contributed by atoms with Crippen LogP contribution < -0.4 is 14.9 Å². The summed E-state index contributed by atoms with van der Waals surface area (Å²) in [5.41, 5.74) is 11.4. The fraction of sp³-hybridized carbons (Fsp3) is 0.130.